The van der Waals surface area contributed by atoms with Crippen molar-refractivity contribution >= 4 is 15.9 Å². The molecule has 1 aliphatic heterocycles. The van der Waals surface area contributed by atoms with Gasteiger partial charge in [0.15, 0.2) is 5.03 Å². The van der Waals surface area contributed by atoms with Crippen molar-refractivity contribution in [3.8, 4) is 0 Å². The minimum Gasteiger partial charge on any atom is -0.361 e. The molecule has 0 unspecified atom stereocenters. The maximum atomic E-state index is 12.0. The van der Waals surface area contributed by atoms with E-state index in [1.54, 1.807) is 11.0 Å². The Kier molecular flexibility index (Phi) is 4.44. The Labute approximate surface area is 120 Å². The fraction of sp³-hybridized carbons (Fsp3) is 0.357. The van der Waals surface area contributed by atoms with Crippen LogP contribution in [0.2, 0.25) is 0 Å². The Hall–Kier alpha value is -1.82. The van der Waals surface area contributed by atoms with Crippen LogP contribution in [0.1, 0.15) is 19.4 Å². The van der Waals surface area contributed by atoms with E-state index in [-0.39, 0.29) is 0 Å². The van der Waals surface area contributed by atoms with E-state index in [0.717, 1.165) is 5.56 Å². The molecule has 1 N–H and O–H groups in total. The Morgan fingerprint density at radius 1 is 1.15 bits per heavy atom. The Morgan fingerprint density at radius 2 is 1.80 bits per heavy atom. The van der Waals surface area contributed by atoms with Crippen molar-refractivity contribution in [1.29, 1.82) is 0 Å². The summed E-state index contributed by atoms with van der Waals surface area (Å²) in [5.74, 6) is 0.399. The topological polar surface area (TPSA) is 61.8 Å². The van der Waals surface area contributed by atoms with Gasteiger partial charge in [0.25, 0.3) is 10.0 Å². The summed E-state index contributed by atoms with van der Waals surface area (Å²) >= 11 is 0. The lowest BCUT2D eigenvalue weighted by atomic mass is 10.2. The predicted octanol–water partition coefficient (Wildman–Crippen LogP) is 1.70. The average Bonchev–Trinajstić information content (AvgIpc) is 2.75. The van der Waals surface area contributed by atoms with Crippen molar-refractivity contribution in [3.63, 3.8) is 0 Å². The van der Waals surface area contributed by atoms with Crippen molar-refractivity contribution in [2.45, 2.75) is 20.4 Å². The van der Waals surface area contributed by atoms with Gasteiger partial charge >= 0.3 is 0 Å². The van der Waals surface area contributed by atoms with Gasteiger partial charge in [-0.25, -0.2) is 0 Å². The zero-order valence-corrected chi connectivity index (χ0v) is 12.5. The molecule has 0 radical (unpaired) electrons. The molecular weight excluding hydrogens is 274 g/mol. The molecule has 6 heteroatoms. The number of benzene rings is 1. The second-order valence-electron chi connectivity index (χ2n) is 4.45. The van der Waals surface area contributed by atoms with Gasteiger partial charge in [-0.05, 0) is 19.4 Å². The molecule has 0 bridgehead atoms. The van der Waals surface area contributed by atoms with Crippen LogP contribution in [0.5, 0.6) is 0 Å². The third kappa shape index (κ3) is 3.19. The fourth-order valence-corrected chi connectivity index (χ4v) is 3.42. The summed E-state index contributed by atoms with van der Waals surface area (Å²) in [5.41, 5.74) is 1.05. The van der Waals surface area contributed by atoms with Crippen molar-refractivity contribution in [1.82, 2.24) is 9.62 Å². The number of hydrogen-bond acceptors (Lipinski definition) is 4. The summed E-state index contributed by atoms with van der Waals surface area (Å²) in [5, 5.41) is 0.300. The lowest BCUT2D eigenvalue weighted by molar-refractivity contribution is 0.402. The maximum Gasteiger partial charge on any atom is 0.278 e. The fourth-order valence-electron chi connectivity index (χ4n) is 2.05. The molecule has 0 fully saturated rings. The Balaban J connectivity index is 2.19. The normalized spacial score (nSPS) is 18.7. The predicted molar refractivity (Wildman–Crippen MR) is 80.6 cm³/mol. The molecule has 1 heterocycles. The molecule has 1 aliphatic rings. The van der Waals surface area contributed by atoms with Gasteiger partial charge in [-0.15, -0.1) is 0 Å². The molecular formula is C14H19N3O2S. The number of nitrogens with zero attached hydrogens (tertiary/aromatic N) is 2. The smallest absolute Gasteiger partial charge is 0.278 e. The largest absolute Gasteiger partial charge is 0.361 e. The molecule has 20 heavy (non-hydrogen) atoms. The molecule has 1 aromatic carbocycles. The lowest BCUT2D eigenvalue weighted by Gasteiger charge is -2.20. The second kappa shape index (κ2) is 6.09. The first-order valence-corrected chi connectivity index (χ1v) is 8.13. The summed E-state index contributed by atoms with van der Waals surface area (Å²) in [7, 11) is -3.46. The molecule has 2 rings (SSSR count). The lowest BCUT2D eigenvalue weighted by Crippen LogP contribution is -2.30. The Bertz CT molecular complexity index is 617. The van der Waals surface area contributed by atoms with Crippen molar-refractivity contribution < 1.29 is 8.42 Å². The first-order chi connectivity index (χ1) is 9.56. The molecule has 0 saturated heterocycles. The molecule has 0 amide bonds. The molecule has 5 nitrogen and oxygen atoms in total. The van der Waals surface area contributed by atoms with E-state index in [2.05, 4.69) is 9.71 Å². The van der Waals surface area contributed by atoms with Gasteiger partial charge in [-0.2, -0.15) is 8.42 Å². The van der Waals surface area contributed by atoms with Gasteiger partial charge in [0, 0.05) is 19.2 Å². The highest BCUT2D eigenvalue weighted by Gasteiger charge is 2.29. The highest BCUT2D eigenvalue weighted by molar-refractivity contribution is 7.94. The molecule has 1 aromatic rings. The van der Waals surface area contributed by atoms with Crippen LogP contribution in [0.25, 0.3) is 0 Å². The van der Waals surface area contributed by atoms with Crippen LogP contribution in [0.15, 0.2) is 46.4 Å². The van der Waals surface area contributed by atoms with Crippen molar-refractivity contribution in [2.75, 3.05) is 13.1 Å². The minimum atomic E-state index is -3.46. The van der Waals surface area contributed by atoms with Crippen molar-refractivity contribution in [2.24, 2.45) is 4.99 Å². The van der Waals surface area contributed by atoms with Gasteiger partial charge < -0.3 is 4.90 Å². The number of amidine groups is 1. The number of rotatable bonds is 5. The summed E-state index contributed by atoms with van der Waals surface area (Å²) in [6, 6.07) is 9.73. The molecule has 0 aromatic heterocycles. The quantitative estimate of drug-likeness (QED) is 0.899. The molecule has 0 aliphatic carbocycles. The van der Waals surface area contributed by atoms with Crippen LogP contribution in [-0.4, -0.2) is 32.2 Å². The van der Waals surface area contributed by atoms with E-state index >= 15 is 0 Å². The minimum absolute atomic E-state index is 0.300. The second-order valence-corrected chi connectivity index (χ2v) is 6.08. The Morgan fingerprint density at radius 3 is 2.40 bits per heavy atom. The molecule has 0 spiro atoms. The highest BCUT2D eigenvalue weighted by Crippen LogP contribution is 2.17. The maximum absolute atomic E-state index is 12.0. The van der Waals surface area contributed by atoms with Crippen LogP contribution in [0.4, 0.5) is 0 Å². The van der Waals surface area contributed by atoms with E-state index in [9.17, 15) is 8.42 Å². The summed E-state index contributed by atoms with van der Waals surface area (Å²) in [6.07, 6.45) is 1.60. The highest BCUT2D eigenvalue weighted by atomic mass is 32.2. The van der Waals surface area contributed by atoms with E-state index in [1.165, 1.54) is 0 Å². The van der Waals surface area contributed by atoms with Gasteiger partial charge in [0.2, 0.25) is 0 Å². The number of aliphatic imine (C=N–C) groups is 1. The molecule has 0 atom stereocenters. The van der Waals surface area contributed by atoms with Crippen LogP contribution in [0, 0.1) is 0 Å². The van der Waals surface area contributed by atoms with E-state index in [0.29, 0.717) is 30.5 Å². The average molecular weight is 293 g/mol. The third-order valence-corrected chi connectivity index (χ3v) is 4.53. The van der Waals surface area contributed by atoms with Crippen LogP contribution < -0.4 is 4.72 Å². The van der Waals surface area contributed by atoms with Gasteiger partial charge in [0.1, 0.15) is 5.84 Å². The molecule has 0 saturated carbocycles. The first-order valence-electron chi connectivity index (χ1n) is 6.64. The van der Waals surface area contributed by atoms with Gasteiger partial charge in [-0.3, -0.25) is 9.71 Å². The third-order valence-electron chi connectivity index (χ3n) is 3.12. The van der Waals surface area contributed by atoms with Crippen LogP contribution in [-0.2, 0) is 16.6 Å². The number of sulfonamides is 1. The summed E-state index contributed by atoms with van der Waals surface area (Å²) in [4.78, 5) is 6.11. The monoisotopic (exact) mass is 293 g/mol. The van der Waals surface area contributed by atoms with Crippen LogP contribution in [0.3, 0.4) is 0 Å². The first kappa shape index (κ1) is 14.6. The van der Waals surface area contributed by atoms with Crippen LogP contribution >= 0.6 is 0 Å². The van der Waals surface area contributed by atoms with Gasteiger partial charge in [-0.1, -0.05) is 30.3 Å². The van der Waals surface area contributed by atoms with E-state index in [1.807, 2.05) is 44.2 Å². The summed E-state index contributed by atoms with van der Waals surface area (Å²) < 4.78 is 26.6. The zero-order valence-electron chi connectivity index (χ0n) is 11.7. The summed E-state index contributed by atoms with van der Waals surface area (Å²) in [6.45, 7) is 5.61. The standard InChI is InChI=1S/C14H19N3O2S/c1-3-17(4-2)14-10-13(16-20(14,18)19)15-11-12-8-6-5-7-9-12/h5-10H,3-4,11H2,1-2H3,(H,15,16). The molecule has 108 valence electrons. The number of hydrogen-bond donors (Lipinski definition) is 1. The number of nitrogens with one attached hydrogen (secondary N) is 1. The van der Waals surface area contributed by atoms with E-state index < -0.39 is 10.0 Å². The SMILES string of the molecule is CCN(CC)C1=CC(=NCc2ccccc2)NS1(=O)=O. The van der Waals surface area contributed by atoms with Gasteiger partial charge in [0.05, 0.1) is 6.54 Å². The van der Waals surface area contributed by atoms with E-state index in [4.69, 9.17) is 0 Å². The van der Waals surface area contributed by atoms with Crippen molar-refractivity contribution in [3.05, 3.63) is 47.0 Å². The zero-order chi connectivity index (χ0) is 14.6.